The van der Waals surface area contributed by atoms with Gasteiger partial charge in [-0.15, -0.1) is 11.3 Å². The van der Waals surface area contributed by atoms with Crippen molar-refractivity contribution in [3.63, 3.8) is 0 Å². The van der Waals surface area contributed by atoms with Crippen molar-refractivity contribution in [1.82, 2.24) is 14.5 Å². The molecule has 0 aliphatic heterocycles. The molecule has 0 aliphatic carbocycles. The summed E-state index contributed by atoms with van der Waals surface area (Å²) in [6.45, 7) is 2.93. The summed E-state index contributed by atoms with van der Waals surface area (Å²) in [5.74, 6) is 0. The molecule has 112 valence electrons. The minimum atomic E-state index is -1.00. The second kappa shape index (κ2) is 6.31. The molecule has 0 saturated carbocycles. The molecule has 10 heteroatoms. The van der Waals surface area contributed by atoms with Gasteiger partial charge < -0.3 is 5.32 Å². The van der Waals surface area contributed by atoms with Crippen molar-refractivity contribution in [3.8, 4) is 0 Å². The fourth-order valence-electron chi connectivity index (χ4n) is 1.61. The van der Waals surface area contributed by atoms with E-state index in [1.54, 1.807) is 6.20 Å². The van der Waals surface area contributed by atoms with Crippen molar-refractivity contribution < 1.29 is 4.92 Å². The van der Waals surface area contributed by atoms with E-state index >= 15 is 0 Å². The lowest BCUT2D eigenvalue weighted by molar-refractivity contribution is -0.386. The number of aromatic amines is 1. The van der Waals surface area contributed by atoms with E-state index < -0.39 is 21.9 Å². The maximum Gasteiger partial charge on any atom is 0.350 e. The van der Waals surface area contributed by atoms with Gasteiger partial charge in [-0.1, -0.05) is 6.92 Å². The standard InChI is InChI=1S/C11H13N5O4S/c1-2-3-12-10-13-4-7(21-10)5-15-6-8(16(19)20)9(17)14-11(15)18/h4,6H,2-3,5H2,1H3,(H,12,13)(H,14,17,18). The molecule has 0 radical (unpaired) electrons. The van der Waals surface area contributed by atoms with E-state index in [0.29, 0.717) is 0 Å². The molecule has 0 spiro atoms. The second-order valence-corrected chi connectivity index (χ2v) is 5.33. The van der Waals surface area contributed by atoms with Crippen molar-refractivity contribution in [3.05, 3.63) is 48.2 Å². The van der Waals surface area contributed by atoms with Gasteiger partial charge in [0.15, 0.2) is 5.13 Å². The van der Waals surface area contributed by atoms with Crippen LogP contribution in [0.1, 0.15) is 18.2 Å². The van der Waals surface area contributed by atoms with Crippen molar-refractivity contribution in [2.24, 2.45) is 0 Å². The van der Waals surface area contributed by atoms with Crippen molar-refractivity contribution in [2.75, 3.05) is 11.9 Å². The first-order valence-electron chi connectivity index (χ1n) is 6.18. The van der Waals surface area contributed by atoms with E-state index in [1.165, 1.54) is 11.3 Å². The summed E-state index contributed by atoms with van der Waals surface area (Å²) in [6.07, 6.45) is 3.49. The largest absolute Gasteiger partial charge is 0.362 e. The van der Waals surface area contributed by atoms with Gasteiger partial charge in [-0.25, -0.2) is 9.78 Å². The van der Waals surface area contributed by atoms with E-state index in [-0.39, 0.29) is 6.54 Å². The van der Waals surface area contributed by atoms with Gasteiger partial charge in [-0.05, 0) is 6.42 Å². The summed E-state index contributed by atoms with van der Waals surface area (Å²) < 4.78 is 1.08. The lowest BCUT2D eigenvalue weighted by Gasteiger charge is -2.02. The Hall–Kier alpha value is -2.49. The van der Waals surface area contributed by atoms with Crippen LogP contribution in [-0.2, 0) is 6.54 Å². The number of H-pyrrole nitrogens is 1. The zero-order valence-corrected chi connectivity index (χ0v) is 12.0. The molecule has 0 saturated heterocycles. The van der Waals surface area contributed by atoms with Crippen LogP contribution in [-0.4, -0.2) is 26.0 Å². The molecule has 9 nitrogen and oxygen atoms in total. The third-order valence-corrected chi connectivity index (χ3v) is 3.53. The Morgan fingerprint density at radius 2 is 2.29 bits per heavy atom. The lowest BCUT2D eigenvalue weighted by atomic mass is 10.5. The number of nitrogens with one attached hydrogen (secondary N) is 2. The monoisotopic (exact) mass is 311 g/mol. The fraction of sp³-hybridized carbons (Fsp3) is 0.364. The first-order valence-corrected chi connectivity index (χ1v) is 6.99. The highest BCUT2D eigenvalue weighted by atomic mass is 32.1. The topological polar surface area (TPSA) is 123 Å². The summed E-state index contributed by atoms with van der Waals surface area (Å²) in [5.41, 5.74) is -2.36. The first-order chi connectivity index (χ1) is 10.0. The number of thiazole rings is 1. The van der Waals surface area contributed by atoms with Gasteiger partial charge in [0.25, 0.3) is 0 Å². The smallest absolute Gasteiger partial charge is 0.350 e. The van der Waals surface area contributed by atoms with Gasteiger partial charge in [-0.2, -0.15) is 0 Å². The Labute approximate surface area is 122 Å². The molecule has 0 unspecified atom stereocenters. The Morgan fingerprint density at radius 3 is 2.95 bits per heavy atom. The summed E-state index contributed by atoms with van der Waals surface area (Å²) >= 11 is 1.35. The number of rotatable bonds is 6. The molecule has 2 aromatic rings. The highest BCUT2D eigenvalue weighted by Gasteiger charge is 2.15. The van der Waals surface area contributed by atoms with Crippen LogP contribution < -0.4 is 16.6 Å². The normalized spacial score (nSPS) is 10.5. The number of anilines is 1. The Bertz CT molecular complexity index is 762. The number of hydrogen-bond acceptors (Lipinski definition) is 7. The molecule has 2 N–H and O–H groups in total. The Morgan fingerprint density at radius 1 is 1.52 bits per heavy atom. The first kappa shape index (κ1) is 14.9. The van der Waals surface area contributed by atoms with Crippen LogP contribution in [0, 0.1) is 10.1 Å². The molecular formula is C11H13N5O4S. The molecule has 21 heavy (non-hydrogen) atoms. The van der Waals surface area contributed by atoms with Crippen LogP contribution in [0.3, 0.4) is 0 Å². The van der Waals surface area contributed by atoms with Crippen LogP contribution >= 0.6 is 11.3 Å². The second-order valence-electron chi connectivity index (χ2n) is 4.22. The van der Waals surface area contributed by atoms with Crippen molar-refractivity contribution >= 4 is 22.2 Å². The maximum absolute atomic E-state index is 11.7. The van der Waals surface area contributed by atoms with Crippen molar-refractivity contribution in [1.29, 1.82) is 0 Å². The molecule has 0 bridgehead atoms. The highest BCUT2D eigenvalue weighted by molar-refractivity contribution is 7.15. The lowest BCUT2D eigenvalue weighted by Crippen LogP contribution is -2.30. The number of nitro groups is 1. The van der Waals surface area contributed by atoms with E-state index in [9.17, 15) is 19.7 Å². The Balaban J connectivity index is 2.25. The molecule has 0 aliphatic rings. The summed E-state index contributed by atoms with van der Waals surface area (Å²) in [6, 6.07) is 0. The van der Waals surface area contributed by atoms with Gasteiger partial charge in [0.05, 0.1) is 17.7 Å². The fourth-order valence-corrected chi connectivity index (χ4v) is 2.44. The minimum absolute atomic E-state index is 0.113. The van der Waals surface area contributed by atoms with E-state index in [4.69, 9.17) is 0 Å². The predicted octanol–water partition coefficient (Wildman–Crippen LogP) is 0.771. The molecule has 0 aromatic carbocycles. The minimum Gasteiger partial charge on any atom is -0.362 e. The van der Waals surface area contributed by atoms with E-state index in [0.717, 1.165) is 33.7 Å². The van der Waals surface area contributed by atoms with Crippen LogP contribution in [0.2, 0.25) is 0 Å². The number of nitrogens with zero attached hydrogens (tertiary/aromatic N) is 3. The predicted molar refractivity (Wildman–Crippen MR) is 78.0 cm³/mol. The zero-order chi connectivity index (χ0) is 15.4. The van der Waals surface area contributed by atoms with Gasteiger partial charge in [0.2, 0.25) is 0 Å². The quantitative estimate of drug-likeness (QED) is 0.600. The van der Waals surface area contributed by atoms with Crippen molar-refractivity contribution in [2.45, 2.75) is 19.9 Å². The molecule has 2 heterocycles. The van der Waals surface area contributed by atoms with Crippen LogP contribution in [0.5, 0.6) is 0 Å². The van der Waals surface area contributed by atoms with Gasteiger partial charge in [0, 0.05) is 17.6 Å². The molecule has 0 fully saturated rings. The molecule has 2 aromatic heterocycles. The molecule has 0 atom stereocenters. The van der Waals surface area contributed by atoms with Gasteiger partial charge in [0.1, 0.15) is 0 Å². The van der Waals surface area contributed by atoms with Gasteiger partial charge >= 0.3 is 16.9 Å². The Kier molecular flexibility index (Phi) is 4.48. The summed E-state index contributed by atoms with van der Waals surface area (Å²) in [7, 11) is 0. The molecule has 2 rings (SSSR count). The zero-order valence-electron chi connectivity index (χ0n) is 11.2. The van der Waals surface area contributed by atoms with Crippen LogP contribution in [0.4, 0.5) is 10.8 Å². The van der Waals surface area contributed by atoms with Crippen LogP contribution in [0.15, 0.2) is 22.0 Å². The summed E-state index contributed by atoms with van der Waals surface area (Å²) in [5, 5.41) is 14.5. The third-order valence-electron chi connectivity index (χ3n) is 2.59. The molecular weight excluding hydrogens is 298 g/mol. The third kappa shape index (κ3) is 3.54. The van der Waals surface area contributed by atoms with Crippen LogP contribution in [0.25, 0.3) is 0 Å². The van der Waals surface area contributed by atoms with Gasteiger partial charge in [-0.3, -0.25) is 24.5 Å². The van der Waals surface area contributed by atoms with E-state index in [2.05, 4.69) is 10.3 Å². The average molecular weight is 311 g/mol. The highest BCUT2D eigenvalue weighted by Crippen LogP contribution is 2.18. The summed E-state index contributed by atoms with van der Waals surface area (Å²) in [4.78, 5) is 39.6. The molecule has 0 amide bonds. The maximum atomic E-state index is 11.7. The SMILES string of the molecule is CCCNc1ncc(Cn2cc([N+](=O)[O-])c(=O)[nH]c2=O)s1. The van der Waals surface area contributed by atoms with E-state index in [1.807, 2.05) is 11.9 Å². The number of aromatic nitrogens is 3. The number of hydrogen-bond donors (Lipinski definition) is 2. The average Bonchev–Trinajstić information content (AvgIpc) is 2.86.